The summed E-state index contributed by atoms with van der Waals surface area (Å²) in [7, 11) is 0. The number of nitrogens with zero attached hydrogens (tertiary/aromatic N) is 3. The molecule has 4 nitrogen and oxygen atoms in total. The Bertz CT molecular complexity index is 316. The van der Waals surface area contributed by atoms with Crippen LogP contribution in [0.4, 0.5) is 5.95 Å². The van der Waals surface area contributed by atoms with Crippen LogP contribution in [0.15, 0.2) is 0 Å². The van der Waals surface area contributed by atoms with E-state index in [-0.39, 0.29) is 0 Å². The van der Waals surface area contributed by atoms with E-state index in [4.69, 9.17) is 11.6 Å². The van der Waals surface area contributed by atoms with Gasteiger partial charge in [0.1, 0.15) is 0 Å². The van der Waals surface area contributed by atoms with Crippen LogP contribution < -0.4 is 5.32 Å². The van der Waals surface area contributed by atoms with Crippen LogP contribution >= 0.6 is 11.6 Å². The largest absolute Gasteiger partial charge is 0.350 e. The third kappa shape index (κ3) is 3.63. The fourth-order valence-corrected chi connectivity index (χ4v) is 1.47. The standard InChI is InChI=1S/C10H17ClN4/c1-4-9(5-6-11)13-10-12-7(2)8(3)14-15-10/h9H,4-6H2,1-3H3,(H,12,13,15). The van der Waals surface area contributed by atoms with Crippen molar-refractivity contribution in [3.8, 4) is 0 Å². The Kier molecular flexibility index (Phi) is 4.75. The summed E-state index contributed by atoms with van der Waals surface area (Å²) in [4.78, 5) is 4.31. The maximum Gasteiger partial charge on any atom is 0.243 e. The van der Waals surface area contributed by atoms with E-state index in [1.165, 1.54) is 0 Å². The Morgan fingerprint density at radius 1 is 1.27 bits per heavy atom. The molecule has 1 aromatic heterocycles. The highest BCUT2D eigenvalue weighted by atomic mass is 35.5. The molecule has 0 aromatic carbocycles. The zero-order chi connectivity index (χ0) is 11.3. The van der Waals surface area contributed by atoms with Gasteiger partial charge in [0.15, 0.2) is 0 Å². The molecule has 0 radical (unpaired) electrons. The lowest BCUT2D eigenvalue weighted by Gasteiger charge is -2.15. The van der Waals surface area contributed by atoms with Gasteiger partial charge >= 0.3 is 0 Å². The number of nitrogens with one attached hydrogen (secondary N) is 1. The number of aromatic nitrogens is 3. The summed E-state index contributed by atoms with van der Waals surface area (Å²) in [6, 6.07) is 0.325. The van der Waals surface area contributed by atoms with Gasteiger partial charge in [-0.25, -0.2) is 4.98 Å². The van der Waals surface area contributed by atoms with Crippen molar-refractivity contribution < 1.29 is 0 Å². The first-order chi connectivity index (χ1) is 7.17. The molecule has 1 unspecified atom stereocenters. The Hall–Kier alpha value is -0.900. The molecule has 0 aliphatic carbocycles. The van der Waals surface area contributed by atoms with E-state index in [9.17, 15) is 0 Å². The van der Waals surface area contributed by atoms with Crippen LogP contribution in [0.2, 0.25) is 0 Å². The molecule has 15 heavy (non-hydrogen) atoms. The maximum atomic E-state index is 5.70. The Balaban J connectivity index is 2.66. The number of rotatable bonds is 5. The summed E-state index contributed by atoms with van der Waals surface area (Å²) >= 11 is 5.70. The van der Waals surface area contributed by atoms with E-state index in [1.54, 1.807) is 0 Å². The second kappa shape index (κ2) is 5.85. The molecule has 1 heterocycles. The lowest BCUT2D eigenvalue weighted by atomic mass is 10.2. The Labute approximate surface area is 95.5 Å². The molecule has 0 aliphatic heterocycles. The van der Waals surface area contributed by atoms with Crippen molar-refractivity contribution in [3.05, 3.63) is 11.4 Å². The lowest BCUT2D eigenvalue weighted by Crippen LogP contribution is -2.21. The van der Waals surface area contributed by atoms with Crippen LogP contribution in [0.3, 0.4) is 0 Å². The Morgan fingerprint density at radius 3 is 2.53 bits per heavy atom. The molecule has 84 valence electrons. The molecule has 5 heteroatoms. The van der Waals surface area contributed by atoms with Crippen molar-refractivity contribution in [1.82, 2.24) is 15.2 Å². The maximum absolute atomic E-state index is 5.70. The third-order valence-electron chi connectivity index (χ3n) is 2.38. The predicted octanol–water partition coefficient (Wildman–Crippen LogP) is 2.31. The monoisotopic (exact) mass is 228 g/mol. The van der Waals surface area contributed by atoms with E-state index >= 15 is 0 Å². The summed E-state index contributed by atoms with van der Waals surface area (Å²) in [5.41, 5.74) is 1.78. The molecule has 0 saturated heterocycles. The highest BCUT2D eigenvalue weighted by Crippen LogP contribution is 2.08. The summed E-state index contributed by atoms with van der Waals surface area (Å²) in [5, 5.41) is 11.2. The number of hydrogen-bond acceptors (Lipinski definition) is 4. The van der Waals surface area contributed by atoms with Crippen LogP contribution in [0, 0.1) is 13.8 Å². The van der Waals surface area contributed by atoms with Crippen LogP contribution in [-0.2, 0) is 0 Å². The third-order valence-corrected chi connectivity index (χ3v) is 2.59. The molecule has 1 N–H and O–H groups in total. The van der Waals surface area contributed by atoms with Crippen LogP contribution in [-0.4, -0.2) is 27.1 Å². The van der Waals surface area contributed by atoms with Crippen molar-refractivity contribution in [3.63, 3.8) is 0 Å². The Morgan fingerprint density at radius 2 is 2.00 bits per heavy atom. The quantitative estimate of drug-likeness (QED) is 0.786. The lowest BCUT2D eigenvalue weighted by molar-refractivity contribution is 0.663. The topological polar surface area (TPSA) is 50.7 Å². The van der Waals surface area contributed by atoms with E-state index in [2.05, 4.69) is 27.4 Å². The SMILES string of the molecule is CCC(CCCl)Nc1nnc(C)c(C)n1. The minimum absolute atomic E-state index is 0.325. The van der Waals surface area contributed by atoms with Crippen LogP contribution in [0.25, 0.3) is 0 Å². The van der Waals surface area contributed by atoms with Gasteiger partial charge in [0.05, 0.1) is 11.4 Å². The van der Waals surface area contributed by atoms with Crippen molar-refractivity contribution in [1.29, 1.82) is 0 Å². The van der Waals surface area contributed by atoms with Gasteiger partial charge in [-0.15, -0.1) is 16.7 Å². The van der Waals surface area contributed by atoms with E-state index < -0.39 is 0 Å². The smallest absolute Gasteiger partial charge is 0.243 e. The van der Waals surface area contributed by atoms with E-state index in [1.807, 2.05) is 13.8 Å². The number of aryl methyl sites for hydroxylation is 2. The van der Waals surface area contributed by atoms with Crippen molar-refractivity contribution in [2.45, 2.75) is 39.7 Å². The molecule has 1 rings (SSSR count). The van der Waals surface area contributed by atoms with Gasteiger partial charge in [-0.1, -0.05) is 6.92 Å². The predicted molar refractivity (Wildman–Crippen MR) is 62.3 cm³/mol. The van der Waals surface area contributed by atoms with Gasteiger partial charge in [-0.05, 0) is 26.7 Å². The van der Waals surface area contributed by atoms with Gasteiger partial charge in [-0.3, -0.25) is 0 Å². The number of alkyl halides is 1. The first-order valence-electron chi connectivity index (χ1n) is 5.17. The summed E-state index contributed by atoms with van der Waals surface area (Å²) in [5.74, 6) is 1.24. The molecular weight excluding hydrogens is 212 g/mol. The zero-order valence-electron chi connectivity index (χ0n) is 9.42. The van der Waals surface area contributed by atoms with Gasteiger partial charge in [0.25, 0.3) is 0 Å². The fraction of sp³-hybridized carbons (Fsp3) is 0.700. The minimum atomic E-state index is 0.325. The molecule has 0 fully saturated rings. The average molecular weight is 229 g/mol. The molecule has 1 atom stereocenters. The first kappa shape index (κ1) is 12.2. The van der Waals surface area contributed by atoms with Gasteiger partial charge in [-0.2, -0.15) is 5.10 Å². The molecule has 0 saturated carbocycles. The minimum Gasteiger partial charge on any atom is -0.350 e. The van der Waals surface area contributed by atoms with Crippen molar-refractivity contribution in [2.24, 2.45) is 0 Å². The highest BCUT2D eigenvalue weighted by molar-refractivity contribution is 6.17. The average Bonchev–Trinajstić information content (AvgIpc) is 2.23. The molecular formula is C10H17ClN4. The molecule has 0 spiro atoms. The molecule has 1 aromatic rings. The van der Waals surface area contributed by atoms with Crippen molar-refractivity contribution in [2.75, 3.05) is 11.2 Å². The highest BCUT2D eigenvalue weighted by Gasteiger charge is 2.08. The molecule has 0 aliphatic rings. The zero-order valence-corrected chi connectivity index (χ0v) is 10.2. The van der Waals surface area contributed by atoms with Gasteiger partial charge in [0.2, 0.25) is 5.95 Å². The van der Waals surface area contributed by atoms with Crippen LogP contribution in [0.5, 0.6) is 0 Å². The van der Waals surface area contributed by atoms with E-state index in [0.717, 1.165) is 24.2 Å². The number of hydrogen-bond donors (Lipinski definition) is 1. The van der Waals surface area contributed by atoms with Gasteiger partial charge in [0, 0.05) is 11.9 Å². The fourth-order valence-electron chi connectivity index (χ4n) is 1.21. The molecule has 0 amide bonds. The van der Waals surface area contributed by atoms with E-state index in [0.29, 0.717) is 17.9 Å². The van der Waals surface area contributed by atoms with Gasteiger partial charge < -0.3 is 5.32 Å². The summed E-state index contributed by atoms with van der Waals surface area (Å²) in [6.45, 7) is 5.94. The summed E-state index contributed by atoms with van der Waals surface area (Å²) in [6.07, 6.45) is 1.91. The van der Waals surface area contributed by atoms with Crippen molar-refractivity contribution >= 4 is 17.5 Å². The second-order valence-corrected chi connectivity index (χ2v) is 3.91. The number of anilines is 1. The van der Waals surface area contributed by atoms with Crippen LogP contribution in [0.1, 0.15) is 31.2 Å². The normalized spacial score (nSPS) is 12.5. The molecule has 0 bridgehead atoms. The first-order valence-corrected chi connectivity index (χ1v) is 5.71. The second-order valence-electron chi connectivity index (χ2n) is 3.53. The number of halogens is 1. The summed E-state index contributed by atoms with van der Waals surface area (Å²) < 4.78 is 0.